The molecule has 0 atom stereocenters. The summed E-state index contributed by atoms with van der Waals surface area (Å²) in [5.74, 6) is 6.96. The maximum absolute atomic E-state index is 14.1. The van der Waals surface area contributed by atoms with Gasteiger partial charge in [-0.1, -0.05) is 11.8 Å². The summed E-state index contributed by atoms with van der Waals surface area (Å²) in [4.78, 5) is 11.8. The summed E-state index contributed by atoms with van der Waals surface area (Å²) in [5, 5.41) is 0. The van der Waals surface area contributed by atoms with Gasteiger partial charge in [0.2, 0.25) is 5.75 Å². The van der Waals surface area contributed by atoms with Gasteiger partial charge in [-0.15, -0.1) is 0 Å². The molecule has 1 aromatic heterocycles. The van der Waals surface area contributed by atoms with Crippen LogP contribution in [0, 0.1) is 17.7 Å². The van der Waals surface area contributed by atoms with E-state index in [1.807, 2.05) is 0 Å². The maximum atomic E-state index is 14.1. The Bertz CT molecular complexity index is 1160. The summed E-state index contributed by atoms with van der Waals surface area (Å²) in [6, 6.07) is 10.4. The van der Waals surface area contributed by atoms with Crippen molar-refractivity contribution in [2.75, 3.05) is 28.4 Å². The van der Waals surface area contributed by atoms with Gasteiger partial charge in [0.25, 0.3) is 0 Å². The summed E-state index contributed by atoms with van der Waals surface area (Å²) < 4.78 is 40.3. The smallest absolute Gasteiger partial charge is 0.336 e. The molecule has 154 valence electrons. The van der Waals surface area contributed by atoms with E-state index in [0.717, 1.165) is 0 Å². The van der Waals surface area contributed by atoms with Crippen molar-refractivity contribution in [1.29, 1.82) is 0 Å². The highest BCUT2D eigenvalue weighted by Crippen LogP contribution is 2.38. The standard InChI is InChI=1S/C23H19FO6/c1-26-18-9-7-16(13-17(18)24)22-15(8-10-21(25)30-22)6-5-14-11-19(27-2)23(29-4)20(12-14)28-3/h7-13H,1-4H3. The highest BCUT2D eigenvalue weighted by atomic mass is 19.1. The molecule has 1 heterocycles. The van der Waals surface area contributed by atoms with Gasteiger partial charge in [-0.25, -0.2) is 9.18 Å². The quantitative estimate of drug-likeness (QED) is 0.595. The van der Waals surface area contributed by atoms with Gasteiger partial charge in [-0.05, 0) is 36.4 Å². The van der Waals surface area contributed by atoms with Gasteiger partial charge in [0.1, 0.15) is 0 Å². The zero-order chi connectivity index (χ0) is 21.7. The molecule has 2 aromatic carbocycles. The van der Waals surface area contributed by atoms with Crippen molar-refractivity contribution in [3.63, 3.8) is 0 Å². The highest BCUT2D eigenvalue weighted by Gasteiger charge is 2.13. The largest absolute Gasteiger partial charge is 0.494 e. The summed E-state index contributed by atoms with van der Waals surface area (Å²) in [7, 11) is 5.90. The Morgan fingerprint density at radius 3 is 2.03 bits per heavy atom. The number of halogens is 1. The van der Waals surface area contributed by atoms with Gasteiger partial charge in [0.05, 0.1) is 34.0 Å². The molecule has 0 N–H and O–H groups in total. The predicted molar refractivity (Wildman–Crippen MR) is 109 cm³/mol. The van der Waals surface area contributed by atoms with E-state index >= 15 is 0 Å². The lowest BCUT2D eigenvalue weighted by molar-refractivity contribution is 0.324. The van der Waals surface area contributed by atoms with Gasteiger partial charge in [0, 0.05) is 17.2 Å². The Balaban J connectivity index is 2.09. The van der Waals surface area contributed by atoms with E-state index in [-0.39, 0.29) is 11.5 Å². The SMILES string of the molecule is COc1ccc(-c2oc(=O)ccc2C#Cc2cc(OC)c(OC)c(OC)c2)cc1F. The molecule has 0 amide bonds. The first-order valence-corrected chi connectivity index (χ1v) is 8.80. The molecule has 0 saturated carbocycles. The molecule has 0 fully saturated rings. The Hall–Kier alpha value is -3.92. The van der Waals surface area contributed by atoms with Crippen LogP contribution in [0.15, 0.2) is 51.7 Å². The van der Waals surface area contributed by atoms with Crippen LogP contribution in [-0.4, -0.2) is 28.4 Å². The number of methoxy groups -OCH3 is 4. The average Bonchev–Trinajstić information content (AvgIpc) is 2.77. The second kappa shape index (κ2) is 9.05. The van der Waals surface area contributed by atoms with Crippen molar-refractivity contribution in [1.82, 2.24) is 0 Å². The molecule has 0 saturated heterocycles. The van der Waals surface area contributed by atoms with Crippen LogP contribution in [0.4, 0.5) is 4.39 Å². The van der Waals surface area contributed by atoms with Crippen molar-refractivity contribution in [3.05, 3.63) is 69.8 Å². The normalized spacial score (nSPS) is 10.0. The fourth-order valence-corrected chi connectivity index (χ4v) is 2.83. The minimum Gasteiger partial charge on any atom is -0.494 e. The molecule has 3 aromatic rings. The third-order valence-corrected chi connectivity index (χ3v) is 4.25. The molecule has 30 heavy (non-hydrogen) atoms. The van der Waals surface area contributed by atoms with E-state index in [0.29, 0.717) is 33.9 Å². The topological polar surface area (TPSA) is 67.1 Å². The van der Waals surface area contributed by atoms with Crippen LogP contribution in [0.5, 0.6) is 23.0 Å². The van der Waals surface area contributed by atoms with E-state index in [9.17, 15) is 9.18 Å². The van der Waals surface area contributed by atoms with Crippen molar-refractivity contribution >= 4 is 0 Å². The average molecular weight is 410 g/mol. The van der Waals surface area contributed by atoms with Crippen LogP contribution >= 0.6 is 0 Å². The van der Waals surface area contributed by atoms with E-state index in [1.165, 1.54) is 52.7 Å². The third-order valence-electron chi connectivity index (χ3n) is 4.25. The first kappa shape index (κ1) is 20.8. The zero-order valence-corrected chi connectivity index (χ0v) is 16.9. The molecule has 0 aliphatic carbocycles. The van der Waals surface area contributed by atoms with E-state index in [1.54, 1.807) is 18.2 Å². The molecule has 0 aliphatic heterocycles. The first-order valence-electron chi connectivity index (χ1n) is 8.80. The number of rotatable bonds is 5. The second-order valence-electron chi connectivity index (χ2n) is 6.01. The van der Waals surface area contributed by atoms with Crippen molar-refractivity contribution < 1.29 is 27.8 Å². The summed E-state index contributed by atoms with van der Waals surface area (Å²) >= 11 is 0. The van der Waals surface area contributed by atoms with Crippen LogP contribution in [0.3, 0.4) is 0 Å². The predicted octanol–water partition coefficient (Wildman–Crippen LogP) is 3.88. The maximum Gasteiger partial charge on any atom is 0.336 e. The summed E-state index contributed by atoms with van der Waals surface area (Å²) in [5.41, 5.74) is 0.787. The van der Waals surface area contributed by atoms with Crippen LogP contribution in [0.1, 0.15) is 11.1 Å². The number of benzene rings is 2. The zero-order valence-electron chi connectivity index (χ0n) is 16.9. The van der Waals surface area contributed by atoms with Crippen LogP contribution in [0.2, 0.25) is 0 Å². The van der Waals surface area contributed by atoms with Crippen LogP contribution < -0.4 is 24.6 Å². The van der Waals surface area contributed by atoms with E-state index < -0.39 is 11.4 Å². The second-order valence-corrected chi connectivity index (χ2v) is 6.01. The lowest BCUT2D eigenvalue weighted by Gasteiger charge is -2.12. The Morgan fingerprint density at radius 1 is 0.800 bits per heavy atom. The molecular weight excluding hydrogens is 391 g/mol. The Labute approximate surface area is 172 Å². The van der Waals surface area contributed by atoms with Crippen LogP contribution in [0.25, 0.3) is 11.3 Å². The van der Waals surface area contributed by atoms with Crippen molar-refractivity contribution in [2.45, 2.75) is 0 Å². The Kier molecular flexibility index (Phi) is 6.28. The van der Waals surface area contributed by atoms with Crippen LogP contribution in [-0.2, 0) is 0 Å². The summed E-state index contributed by atoms with van der Waals surface area (Å²) in [6.45, 7) is 0. The van der Waals surface area contributed by atoms with Gasteiger partial charge < -0.3 is 23.4 Å². The molecule has 0 unspecified atom stereocenters. The fourth-order valence-electron chi connectivity index (χ4n) is 2.83. The van der Waals surface area contributed by atoms with Gasteiger partial charge in [0.15, 0.2) is 28.8 Å². The van der Waals surface area contributed by atoms with Gasteiger partial charge in [-0.3, -0.25) is 0 Å². The molecule has 0 bridgehead atoms. The molecular formula is C23H19FO6. The lowest BCUT2D eigenvalue weighted by atomic mass is 10.1. The minimum absolute atomic E-state index is 0.0853. The number of hydrogen-bond acceptors (Lipinski definition) is 6. The van der Waals surface area contributed by atoms with Crippen molar-refractivity contribution in [3.8, 4) is 46.2 Å². The van der Waals surface area contributed by atoms with Crippen molar-refractivity contribution in [2.24, 2.45) is 0 Å². The minimum atomic E-state index is -0.579. The summed E-state index contributed by atoms with van der Waals surface area (Å²) in [6.07, 6.45) is 0. The monoisotopic (exact) mass is 410 g/mol. The number of ether oxygens (including phenoxy) is 4. The van der Waals surface area contributed by atoms with Gasteiger partial charge in [-0.2, -0.15) is 0 Å². The lowest BCUT2D eigenvalue weighted by Crippen LogP contribution is -1.99. The molecule has 0 aliphatic rings. The number of hydrogen-bond donors (Lipinski definition) is 0. The molecule has 3 rings (SSSR count). The fraction of sp³-hybridized carbons (Fsp3) is 0.174. The van der Waals surface area contributed by atoms with E-state index in [2.05, 4.69) is 11.8 Å². The molecule has 0 spiro atoms. The highest BCUT2D eigenvalue weighted by molar-refractivity contribution is 5.67. The molecule has 0 radical (unpaired) electrons. The molecule has 6 nitrogen and oxygen atoms in total. The third kappa shape index (κ3) is 4.23. The first-order chi connectivity index (χ1) is 14.5. The van der Waals surface area contributed by atoms with E-state index in [4.69, 9.17) is 23.4 Å². The van der Waals surface area contributed by atoms with Gasteiger partial charge >= 0.3 is 5.63 Å². The Morgan fingerprint density at radius 2 is 1.47 bits per heavy atom. The molecule has 7 heteroatoms.